The molecule has 2 aromatic rings. The summed E-state index contributed by atoms with van der Waals surface area (Å²) in [6, 6.07) is 2.97. The van der Waals surface area contributed by atoms with Crippen molar-refractivity contribution < 1.29 is 8.42 Å². The molecule has 0 saturated carbocycles. The Bertz CT molecular complexity index is 682. The number of nitrogens with one attached hydrogen (secondary N) is 2. The molecule has 20 heavy (non-hydrogen) atoms. The van der Waals surface area contributed by atoms with Crippen molar-refractivity contribution in [2.45, 2.75) is 18.4 Å². The second-order valence-corrected chi connectivity index (χ2v) is 5.91. The van der Waals surface area contributed by atoms with Crippen LogP contribution in [0.4, 0.5) is 5.82 Å². The first-order valence-electron chi connectivity index (χ1n) is 5.93. The number of nitrogen functional groups attached to an aromatic ring is 1. The zero-order chi connectivity index (χ0) is 14.6. The number of nitrogens with zero attached hydrogens (tertiary/aromatic N) is 3. The number of aryl methyl sites for hydroxylation is 1. The first-order valence-corrected chi connectivity index (χ1v) is 7.41. The fraction of sp³-hybridized carbons (Fsp3) is 0.273. The fourth-order valence-electron chi connectivity index (χ4n) is 1.68. The molecule has 0 atom stereocenters. The number of hydrogen-bond donors (Lipinski definition) is 3. The number of hydrazine groups is 1. The Labute approximate surface area is 117 Å². The van der Waals surface area contributed by atoms with Crippen molar-refractivity contribution in [1.29, 1.82) is 0 Å². The van der Waals surface area contributed by atoms with Gasteiger partial charge in [-0.05, 0) is 24.6 Å². The number of hydrogen-bond acceptors (Lipinski definition) is 6. The van der Waals surface area contributed by atoms with Gasteiger partial charge in [0.2, 0.25) is 10.0 Å². The van der Waals surface area contributed by atoms with E-state index in [4.69, 9.17) is 5.84 Å². The summed E-state index contributed by atoms with van der Waals surface area (Å²) in [6.45, 7) is 2.59. The van der Waals surface area contributed by atoms with Crippen LogP contribution in [0.15, 0.2) is 35.6 Å². The highest BCUT2D eigenvalue weighted by Gasteiger charge is 2.18. The van der Waals surface area contributed by atoms with Gasteiger partial charge in [0.1, 0.15) is 4.90 Å². The first-order chi connectivity index (χ1) is 9.53. The molecule has 0 bridgehead atoms. The molecular weight excluding hydrogens is 280 g/mol. The Morgan fingerprint density at radius 3 is 2.90 bits per heavy atom. The monoisotopic (exact) mass is 296 g/mol. The predicted octanol–water partition coefficient (Wildman–Crippen LogP) is -0.149. The van der Waals surface area contributed by atoms with Crippen molar-refractivity contribution in [1.82, 2.24) is 19.5 Å². The van der Waals surface area contributed by atoms with Crippen LogP contribution in [-0.2, 0) is 16.6 Å². The van der Waals surface area contributed by atoms with Crippen LogP contribution in [0.3, 0.4) is 0 Å². The number of anilines is 1. The van der Waals surface area contributed by atoms with Crippen LogP contribution in [0.2, 0.25) is 0 Å². The van der Waals surface area contributed by atoms with Gasteiger partial charge >= 0.3 is 0 Å². The third kappa shape index (κ3) is 3.32. The summed E-state index contributed by atoms with van der Waals surface area (Å²) in [5, 5.41) is 4.08. The number of pyridine rings is 1. The SMILES string of the molecule is Cc1cnn(CCNS(=O)(=O)c2cccnc2NN)c1. The Kier molecular flexibility index (Phi) is 4.32. The lowest BCUT2D eigenvalue weighted by Gasteiger charge is -2.09. The van der Waals surface area contributed by atoms with Crippen LogP contribution in [0.5, 0.6) is 0 Å². The molecule has 0 aliphatic rings. The Morgan fingerprint density at radius 2 is 2.25 bits per heavy atom. The van der Waals surface area contributed by atoms with Crippen molar-refractivity contribution in [2.24, 2.45) is 5.84 Å². The van der Waals surface area contributed by atoms with Gasteiger partial charge in [-0.25, -0.2) is 24.0 Å². The summed E-state index contributed by atoms with van der Waals surface area (Å²) < 4.78 is 28.4. The average Bonchev–Trinajstić information content (AvgIpc) is 2.84. The minimum atomic E-state index is -3.66. The van der Waals surface area contributed by atoms with Gasteiger partial charge in [-0.1, -0.05) is 0 Å². The fourth-order valence-corrected chi connectivity index (χ4v) is 2.82. The molecule has 0 aliphatic heterocycles. The van der Waals surface area contributed by atoms with Gasteiger partial charge < -0.3 is 5.43 Å². The van der Waals surface area contributed by atoms with E-state index in [-0.39, 0.29) is 17.3 Å². The van der Waals surface area contributed by atoms with Crippen LogP contribution in [0.25, 0.3) is 0 Å². The molecule has 0 aromatic carbocycles. The van der Waals surface area contributed by atoms with Crippen molar-refractivity contribution >= 4 is 15.8 Å². The predicted molar refractivity (Wildman–Crippen MR) is 74.2 cm³/mol. The van der Waals surface area contributed by atoms with Gasteiger partial charge in [-0.3, -0.25) is 4.68 Å². The number of rotatable bonds is 6. The minimum Gasteiger partial charge on any atom is -0.307 e. The lowest BCUT2D eigenvalue weighted by molar-refractivity contribution is 0.560. The molecule has 2 heterocycles. The van der Waals surface area contributed by atoms with Crippen LogP contribution in [-0.4, -0.2) is 29.7 Å². The van der Waals surface area contributed by atoms with E-state index in [0.29, 0.717) is 6.54 Å². The van der Waals surface area contributed by atoms with Gasteiger partial charge in [0.25, 0.3) is 0 Å². The van der Waals surface area contributed by atoms with E-state index in [9.17, 15) is 8.42 Å². The molecule has 9 heteroatoms. The normalized spacial score (nSPS) is 11.5. The second kappa shape index (κ2) is 5.99. The number of sulfonamides is 1. The van der Waals surface area contributed by atoms with E-state index < -0.39 is 10.0 Å². The second-order valence-electron chi connectivity index (χ2n) is 4.17. The van der Waals surface area contributed by atoms with E-state index in [2.05, 4.69) is 20.2 Å². The number of nitrogens with two attached hydrogens (primary N) is 1. The molecule has 8 nitrogen and oxygen atoms in total. The quantitative estimate of drug-likeness (QED) is 0.504. The van der Waals surface area contributed by atoms with Gasteiger partial charge in [-0.2, -0.15) is 5.10 Å². The van der Waals surface area contributed by atoms with Gasteiger partial charge in [0, 0.05) is 18.9 Å². The van der Waals surface area contributed by atoms with Crippen molar-refractivity contribution in [3.8, 4) is 0 Å². The van der Waals surface area contributed by atoms with E-state index in [1.165, 1.54) is 18.3 Å². The Balaban J connectivity index is 2.04. The summed E-state index contributed by atoms with van der Waals surface area (Å²) in [7, 11) is -3.66. The summed E-state index contributed by atoms with van der Waals surface area (Å²) in [4.78, 5) is 3.87. The third-order valence-electron chi connectivity index (χ3n) is 2.59. The van der Waals surface area contributed by atoms with Crippen molar-refractivity contribution in [3.63, 3.8) is 0 Å². The van der Waals surface area contributed by atoms with Gasteiger partial charge in [0.05, 0.1) is 12.7 Å². The van der Waals surface area contributed by atoms with E-state index in [0.717, 1.165) is 5.56 Å². The van der Waals surface area contributed by atoms with Crippen LogP contribution < -0.4 is 16.0 Å². The van der Waals surface area contributed by atoms with Crippen LogP contribution >= 0.6 is 0 Å². The van der Waals surface area contributed by atoms with Crippen LogP contribution in [0.1, 0.15) is 5.56 Å². The van der Waals surface area contributed by atoms with Crippen LogP contribution in [0, 0.1) is 6.92 Å². The lowest BCUT2D eigenvalue weighted by Crippen LogP contribution is -2.29. The minimum absolute atomic E-state index is 0.0131. The number of aromatic nitrogens is 3. The Hall–Kier alpha value is -1.97. The highest BCUT2D eigenvalue weighted by Crippen LogP contribution is 2.16. The summed E-state index contributed by atoms with van der Waals surface area (Å²) >= 11 is 0. The molecule has 0 spiro atoms. The highest BCUT2D eigenvalue weighted by atomic mass is 32.2. The van der Waals surface area contributed by atoms with E-state index in [1.807, 2.05) is 13.1 Å². The molecule has 0 unspecified atom stereocenters. The maximum atomic E-state index is 12.1. The lowest BCUT2D eigenvalue weighted by atomic mass is 10.4. The maximum absolute atomic E-state index is 12.1. The molecule has 0 radical (unpaired) electrons. The smallest absolute Gasteiger partial charge is 0.244 e. The standard InChI is InChI=1S/C11H16N6O2S/c1-9-7-14-17(8-9)6-5-15-20(18,19)10-3-2-4-13-11(10)16-12/h2-4,7-8,15H,5-6,12H2,1H3,(H,13,16). The molecule has 0 fully saturated rings. The van der Waals surface area contributed by atoms with Crippen molar-refractivity contribution in [3.05, 3.63) is 36.3 Å². The molecule has 4 N–H and O–H groups in total. The molecule has 0 saturated heterocycles. The first kappa shape index (κ1) is 14.4. The summed E-state index contributed by atoms with van der Waals surface area (Å²) in [5.41, 5.74) is 3.29. The molecule has 0 aliphatic carbocycles. The van der Waals surface area contributed by atoms with E-state index in [1.54, 1.807) is 10.9 Å². The summed E-state index contributed by atoms with van der Waals surface area (Å²) in [6.07, 6.45) is 5.01. The highest BCUT2D eigenvalue weighted by molar-refractivity contribution is 7.89. The average molecular weight is 296 g/mol. The van der Waals surface area contributed by atoms with E-state index >= 15 is 0 Å². The Morgan fingerprint density at radius 1 is 1.45 bits per heavy atom. The topological polar surface area (TPSA) is 115 Å². The van der Waals surface area contributed by atoms with Crippen molar-refractivity contribution in [2.75, 3.05) is 12.0 Å². The summed E-state index contributed by atoms with van der Waals surface area (Å²) in [5.74, 6) is 5.36. The molecule has 2 rings (SSSR count). The zero-order valence-electron chi connectivity index (χ0n) is 10.9. The molecule has 108 valence electrons. The maximum Gasteiger partial charge on any atom is 0.244 e. The zero-order valence-corrected chi connectivity index (χ0v) is 11.8. The van der Waals surface area contributed by atoms with Gasteiger partial charge in [-0.15, -0.1) is 0 Å². The largest absolute Gasteiger partial charge is 0.307 e. The van der Waals surface area contributed by atoms with Gasteiger partial charge in [0.15, 0.2) is 5.82 Å². The molecule has 2 aromatic heterocycles. The molecular formula is C11H16N6O2S. The molecule has 0 amide bonds. The third-order valence-corrected chi connectivity index (χ3v) is 4.08.